The molecule has 21 heavy (non-hydrogen) atoms. The molecule has 2 N–H and O–H groups in total. The second kappa shape index (κ2) is 8.24. The SMILES string of the molecule is CCC[C@@H](NC(=O)N(CC)Cc1cccc(C)n1)C(=O)O. The van der Waals surface area contributed by atoms with Crippen molar-refractivity contribution in [1.29, 1.82) is 0 Å². The number of nitrogens with zero attached hydrogens (tertiary/aromatic N) is 2. The summed E-state index contributed by atoms with van der Waals surface area (Å²) in [6, 6.07) is 4.41. The summed E-state index contributed by atoms with van der Waals surface area (Å²) >= 11 is 0. The molecule has 1 aromatic rings. The lowest BCUT2D eigenvalue weighted by molar-refractivity contribution is -0.139. The van der Waals surface area contributed by atoms with Crippen LogP contribution in [0.15, 0.2) is 18.2 Å². The number of carbonyl (C=O) groups is 2. The van der Waals surface area contributed by atoms with Crippen molar-refractivity contribution < 1.29 is 14.7 Å². The van der Waals surface area contributed by atoms with Gasteiger partial charge < -0.3 is 15.3 Å². The van der Waals surface area contributed by atoms with E-state index in [0.717, 1.165) is 11.4 Å². The molecule has 0 aliphatic rings. The molecule has 0 radical (unpaired) electrons. The summed E-state index contributed by atoms with van der Waals surface area (Å²) in [6.45, 7) is 6.48. The van der Waals surface area contributed by atoms with Gasteiger partial charge >= 0.3 is 12.0 Å². The highest BCUT2D eigenvalue weighted by atomic mass is 16.4. The van der Waals surface area contributed by atoms with Gasteiger partial charge in [-0.2, -0.15) is 0 Å². The lowest BCUT2D eigenvalue weighted by Gasteiger charge is -2.23. The predicted octanol–water partition coefficient (Wildman–Crippen LogP) is 2.17. The normalized spacial score (nSPS) is 11.8. The van der Waals surface area contributed by atoms with Gasteiger partial charge in [-0.25, -0.2) is 9.59 Å². The Hall–Kier alpha value is -2.11. The van der Waals surface area contributed by atoms with Crippen LogP contribution in [-0.2, 0) is 11.3 Å². The topological polar surface area (TPSA) is 82.5 Å². The van der Waals surface area contributed by atoms with Crippen molar-refractivity contribution in [2.75, 3.05) is 6.54 Å². The first-order valence-corrected chi connectivity index (χ1v) is 7.18. The molecular weight excluding hydrogens is 270 g/mol. The van der Waals surface area contributed by atoms with Gasteiger partial charge in [0.05, 0.1) is 12.2 Å². The molecule has 0 aliphatic carbocycles. The molecule has 1 atom stereocenters. The average Bonchev–Trinajstić information content (AvgIpc) is 2.44. The second-order valence-electron chi connectivity index (χ2n) is 4.91. The molecule has 6 nitrogen and oxygen atoms in total. The number of urea groups is 1. The minimum Gasteiger partial charge on any atom is -0.480 e. The van der Waals surface area contributed by atoms with Crippen molar-refractivity contribution in [3.05, 3.63) is 29.6 Å². The maximum atomic E-state index is 12.2. The third kappa shape index (κ3) is 5.41. The Labute approximate surface area is 125 Å². The molecule has 0 saturated carbocycles. The van der Waals surface area contributed by atoms with Crippen LogP contribution in [0.5, 0.6) is 0 Å². The molecular formula is C15H23N3O3. The molecule has 1 aromatic heterocycles. The van der Waals surface area contributed by atoms with E-state index in [1.807, 2.05) is 39.0 Å². The Balaban J connectivity index is 2.70. The van der Waals surface area contributed by atoms with Gasteiger partial charge in [-0.3, -0.25) is 4.98 Å². The van der Waals surface area contributed by atoms with Gasteiger partial charge in [0.25, 0.3) is 0 Å². The van der Waals surface area contributed by atoms with Crippen LogP contribution in [0.4, 0.5) is 4.79 Å². The third-order valence-electron chi connectivity index (χ3n) is 3.14. The summed E-state index contributed by atoms with van der Waals surface area (Å²) < 4.78 is 0. The van der Waals surface area contributed by atoms with Crippen LogP contribution >= 0.6 is 0 Å². The lowest BCUT2D eigenvalue weighted by Crippen LogP contribution is -2.47. The summed E-state index contributed by atoms with van der Waals surface area (Å²) in [4.78, 5) is 29.2. The molecule has 0 aromatic carbocycles. The van der Waals surface area contributed by atoms with Crippen LogP contribution < -0.4 is 5.32 Å². The predicted molar refractivity (Wildman–Crippen MR) is 79.9 cm³/mol. The van der Waals surface area contributed by atoms with Crippen LogP contribution in [0, 0.1) is 6.92 Å². The largest absolute Gasteiger partial charge is 0.480 e. The highest BCUT2D eigenvalue weighted by molar-refractivity contribution is 5.82. The molecule has 0 spiro atoms. The molecule has 6 heteroatoms. The lowest BCUT2D eigenvalue weighted by atomic mass is 10.2. The highest BCUT2D eigenvalue weighted by Gasteiger charge is 2.22. The number of aromatic nitrogens is 1. The molecule has 0 aliphatic heterocycles. The number of hydrogen-bond acceptors (Lipinski definition) is 3. The van der Waals surface area contributed by atoms with E-state index in [-0.39, 0.29) is 6.03 Å². The van der Waals surface area contributed by atoms with Crippen molar-refractivity contribution in [2.24, 2.45) is 0 Å². The summed E-state index contributed by atoms with van der Waals surface area (Å²) in [5.41, 5.74) is 1.67. The van der Waals surface area contributed by atoms with E-state index in [4.69, 9.17) is 5.11 Å². The minimum absolute atomic E-state index is 0.364. The second-order valence-corrected chi connectivity index (χ2v) is 4.91. The zero-order valence-corrected chi connectivity index (χ0v) is 12.8. The molecule has 0 saturated heterocycles. The van der Waals surface area contributed by atoms with E-state index in [2.05, 4.69) is 10.3 Å². The Bertz CT molecular complexity index is 491. The van der Waals surface area contributed by atoms with Gasteiger partial charge in [0, 0.05) is 12.2 Å². The van der Waals surface area contributed by atoms with Crippen molar-refractivity contribution in [2.45, 2.75) is 46.2 Å². The number of pyridine rings is 1. The maximum Gasteiger partial charge on any atom is 0.326 e. The molecule has 0 unspecified atom stereocenters. The Kier molecular flexibility index (Phi) is 6.65. The summed E-state index contributed by atoms with van der Waals surface area (Å²) in [7, 11) is 0. The van der Waals surface area contributed by atoms with Crippen molar-refractivity contribution in [3.8, 4) is 0 Å². The van der Waals surface area contributed by atoms with Crippen LogP contribution in [0.1, 0.15) is 38.1 Å². The molecule has 0 fully saturated rings. The number of aliphatic carboxylic acids is 1. The van der Waals surface area contributed by atoms with Gasteiger partial charge in [-0.1, -0.05) is 19.4 Å². The van der Waals surface area contributed by atoms with Crippen molar-refractivity contribution in [1.82, 2.24) is 15.2 Å². The number of carboxylic acids is 1. The first-order valence-electron chi connectivity index (χ1n) is 7.18. The Morgan fingerprint density at radius 3 is 2.62 bits per heavy atom. The summed E-state index contributed by atoms with van der Waals surface area (Å²) in [5, 5.41) is 11.7. The zero-order valence-electron chi connectivity index (χ0n) is 12.8. The van der Waals surface area contributed by atoms with Gasteiger partial charge in [-0.15, -0.1) is 0 Å². The minimum atomic E-state index is -1.00. The molecule has 116 valence electrons. The van der Waals surface area contributed by atoms with Gasteiger partial charge in [0.1, 0.15) is 6.04 Å². The van der Waals surface area contributed by atoms with E-state index in [9.17, 15) is 9.59 Å². The zero-order chi connectivity index (χ0) is 15.8. The fourth-order valence-corrected chi connectivity index (χ4v) is 2.00. The summed E-state index contributed by atoms with van der Waals surface area (Å²) in [6.07, 6.45) is 1.12. The summed E-state index contributed by atoms with van der Waals surface area (Å²) in [5.74, 6) is -1.00. The van der Waals surface area contributed by atoms with Crippen molar-refractivity contribution >= 4 is 12.0 Å². The van der Waals surface area contributed by atoms with E-state index in [0.29, 0.717) is 25.9 Å². The van der Waals surface area contributed by atoms with Crippen LogP contribution in [0.25, 0.3) is 0 Å². The highest BCUT2D eigenvalue weighted by Crippen LogP contribution is 2.05. The number of nitrogens with one attached hydrogen (secondary N) is 1. The fraction of sp³-hybridized carbons (Fsp3) is 0.533. The van der Waals surface area contributed by atoms with Gasteiger partial charge in [-0.05, 0) is 32.4 Å². The molecule has 1 rings (SSSR count). The monoisotopic (exact) mass is 293 g/mol. The van der Waals surface area contributed by atoms with E-state index >= 15 is 0 Å². The number of carboxylic acid groups (broad SMARTS) is 1. The molecule has 1 heterocycles. The van der Waals surface area contributed by atoms with Crippen LogP contribution in [-0.4, -0.2) is 39.6 Å². The van der Waals surface area contributed by atoms with Gasteiger partial charge in [0.2, 0.25) is 0 Å². The average molecular weight is 293 g/mol. The van der Waals surface area contributed by atoms with E-state index < -0.39 is 12.0 Å². The first kappa shape index (κ1) is 16.9. The number of carbonyl (C=O) groups excluding carboxylic acids is 1. The van der Waals surface area contributed by atoms with E-state index in [1.54, 1.807) is 4.90 Å². The quantitative estimate of drug-likeness (QED) is 0.807. The standard InChI is InChI=1S/C15H23N3O3/c1-4-7-13(14(19)20)17-15(21)18(5-2)10-12-9-6-8-11(3)16-12/h6,8-9,13H,4-5,7,10H2,1-3H3,(H,17,21)(H,19,20)/t13-/m1/s1. The van der Waals surface area contributed by atoms with Crippen molar-refractivity contribution in [3.63, 3.8) is 0 Å². The van der Waals surface area contributed by atoms with Crippen LogP contribution in [0.2, 0.25) is 0 Å². The number of rotatable bonds is 7. The first-order chi connectivity index (χ1) is 9.97. The number of aryl methyl sites for hydroxylation is 1. The molecule has 2 amide bonds. The number of hydrogen-bond donors (Lipinski definition) is 2. The maximum absolute atomic E-state index is 12.2. The Morgan fingerprint density at radius 1 is 1.38 bits per heavy atom. The van der Waals surface area contributed by atoms with Crippen LogP contribution in [0.3, 0.4) is 0 Å². The third-order valence-corrected chi connectivity index (χ3v) is 3.14. The Morgan fingerprint density at radius 2 is 2.10 bits per heavy atom. The number of amides is 2. The fourth-order valence-electron chi connectivity index (χ4n) is 2.00. The van der Waals surface area contributed by atoms with Gasteiger partial charge in [0.15, 0.2) is 0 Å². The molecule has 0 bridgehead atoms. The smallest absolute Gasteiger partial charge is 0.326 e. The van der Waals surface area contributed by atoms with E-state index in [1.165, 1.54) is 0 Å².